The maximum absolute atomic E-state index is 14.6. The molecule has 1 aromatic heterocycles. The fourth-order valence-corrected chi connectivity index (χ4v) is 3.09. The molecule has 1 aliphatic rings. The first-order valence-corrected chi connectivity index (χ1v) is 9.22. The van der Waals surface area contributed by atoms with E-state index < -0.39 is 41.5 Å². The molecule has 1 amide bonds. The van der Waals surface area contributed by atoms with E-state index in [4.69, 9.17) is 15.7 Å². The summed E-state index contributed by atoms with van der Waals surface area (Å²) in [5.41, 5.74) is 1.43. The number of carbonyl (C=O) groups is 1. The zero-order valence-electron chi connectivity index (χ0n) is 17.2. The summed E-state index contributed by atoms with van der Waals surface area (Å²) in [5.74, 6) is -2.28. The maximum Gasteiger partial charge on any atom is 0.424 e. The van der Waals surface area contributed by atoms with E-state index in [0.29, 0.717) is 0 Å². The van der Waals surface area contributed by atoms with Crippen LogP contribution in [0.3, 0.4) is 0 Å². The zero-order chi connectivity index (χ0) is 23.9. The Morgan fingerprint density at radius 3 is 2.59 bits per heavy atom. The van der Waals surface area contributed by atoms with Crippen LogP contribution in [0.5, 0.6) is 0 Å². The number of benzene rings is 1. The van der Waals surface area contributed by atoms with E-state index in [2.05, 4.69) is 20.3 Å². The average Bonchev–Trinajstić information content (AvgIpc) is 2.71. The highest BCUT2D eigenvalue weighted by molar-refractivity contribution is 6.03. The first-order chi connectivity index (χ1) is 14.8. The van der Waals surface area contributed by atoms with Gasteiger partial charge in [0.15, 0.2) is 5.69 Å². The third kappa shape index (κ3) is 3.99. The number of amides is 1. The summed E-state index contributed by atoms with van der Waals surface area (Å²) in [6.07, 6.45) is -3.68. The molecular formula is C20H18F4N6O2. The van der Waals surface area contributed by atoms with Crippen molar-refractivity contribution < 1.29 is 27.1 Å². The highest BCUT2D eigenvalue weighted by Gasteiger charge is 2.59. The average molecular weight is 450 g/mol. The molecule has 0 saturated carbocycles. The van der Waals surface area contributed by atoms with Crippen molar-refractivity contribution in [3.8, 4) is 6.07 Å². The summed E-state index contributed by atoms with van der Waals surface area (Å²) < 4.78 is 59.6. The fourth-order valence-electron chi connectivity index (χ4n) is 3.09. The number of rotatable bonds is 3. The number of aryl methyl sites for hydroxylation is 1. The van der Waals surface area contributed by atoms with Crippen LogP contribution in [0.2, 0.25) is 0 Å². The van der Waals surface area contributed by atoms with Crippen LogP contribution in [0, 0.1) is 24.1 Å². The lowest BCUT2D eigenvalue weighted by Crippen LogP contribution is -2.60. The molecule has 2 heterocycles. The molecule has 3 rings (SSSR count). The van der Waals surface area contributed by atoms with E-state index in [1.54, 1.807) is 6.07 Å². The molecule has 0 bridgehead atoms. The Labute approximate surface area is 180 Å². The van der Waals surface area contributed by atoms with Crippen LogP contribution in [0.25, 0.3) is 0 Å². The van der Waals surface area contributed by atoms with Gasteiger partial charge in [-0.1, -0.05) is 0 Å². The van der Waals surface area contributed by atoms with Crippen molar-refractivity contribution >= 4 is 17.4 Å². The number of nitrogens with one attached hydrogen (secondary N) is 1. The number of aliphatic imine (C=N–C) groups is 1. The molecule has 2 aromatic rings. The Hall–Kier alpha value is -3.59. The van der Waals surface area contributed by atoms with Crippen molar-refractivity contribution in [2.24, 2.45) is 10.7 Å². The lowest BCUT2D eigenvalue weighted by atomic mass is 9.89. The monoisotopic (exact) mass is 450 g/mol. The van der Waals surface area contributed by atoms with E-state index in [1.807, 2.05) is 0 Å². The van der Waals surface area contributed by atoms with Crippen LogP contribution < -0.4 is 11.1 Å². The van der Waals surface area contributed by atoms with Gasteiger partial charge in [0.25, 0.3) is 5.91 Å². The molecule has 168 valence electrons. The summed E-state index contributed by atoms with van der Waals surface area (Å²) in [7, 11) is 0. The second kappa shape index (κ2) is 7.83. The number of aromatic nitrogens is 2. The van der Waals surface area contributed by atoms with Crippen molar-refractivity contribution in [1.82, 2.24) is 9.97 Å². The third-order valence-corrected chi connectivity index (χ3v) is 5.12. The molecule has 0 unspecified atom stereocenters. The lowest BCUT2D eigenvalue weighted by molar-refractivity contribution is -0.249. The van der Waals surface area contributed by atoms with E-state index in [-0.39, 0.29) is 28.3 Å². The predicted octanol–water partition coefficient (Wildman–Crippen LogP) is 2.97. The van der Waals surface area contributed by atoms with Crippen molar-refractivity contribution in [2.45, 2.75) is 38.1 Å². The van der Waals surface area contributed by atoms with Gasteiger partial charge in [-0.15, -0.1) is 0 Å². The Bertz CT molecular complexity index is 1160. The second-order valence-electron chi connectivity index (χ2n) is 7.54. The summed E-state index contributed by atoms with van der Waals surface area (Å²) in [6.45, 7) is 3.02. The second-order valence-corrected chi connectivity index (χ2v) is 7.54. The van der Waals surface area contributed by atoms with Gasteiger partial charge in [-0.25, -0.2) is 14.4 Å². The number of nitrogens with zero attached hydrogens (tertiary/aromatic N) is 4. The highest BCUT2D eigenvalue weighted by Crippen LogP contribution is 2.41. The largest absolute Gasteiger partial charge is 0.424 e. The molecular weight excluding hydrogens is 432 g/mol. The van der Waals surface area contributed by atoms with Crippen molar-refractivity contribution in [3.05, 3.63) is 52.9 Å². The van der Waals surface area contributed by atoms with Gasteiger partial charge in [-0.05, 0) is 39.0 Å². The number of amidine groups is 1. The normalized spacial score (nSPS) is 23.2. The molecule has 1 aliphatic heterocycles. The Morgan fingerprint density at radius 2 is 2.03 bits per heavy atom. The molecule has 0 aliphatic carbocycles. The first kappa shape index (κ1) is 23.1. The van der Waals surface area contributed by atoms with Crippen LogP contribution in [0.1, 0.15) is 41.3 Å². The number of nitriles is 1. The number of ether oxygens (including phenoxy) is 1. The first-order valence-electron chi connectivity index (χ1n) is 9.22. The van der Waals surface area contributed by atoms with E-state index in [0.717, 1.165) is 19.2 Å². The molecule has 32 heavy (non-hydrogen) atoms. The van der Waals surface area contributed by atoms with Gasteiger partial charge in [0.05, 0.1) is 18.5 Å². The Balaban J connectivity index is 1.93. The highest BCUT2D eigenvalue weighted by atomic mass is 19.4. The summed E-state index contributed by atoms with van der Waals surface area (Å²) in [4.78, 5) is 24.3. The van der Waals surface area contributed by atoms with Crippen molar-refractivity contribution in [1.29, 1.82) is 5.26 Å². The fraction of sp³-hybridized carbons (Fsp3) is 0.350. The van der Waals surface area contributed by atoms with Crippen LogP contribution >= 0.6 is 0 Å². The maximum atomic E-state index is 14.6. The number of anilines is 1. The quantitative estimate of drug-likeness (QED) is 0.693. The smallest absolute Gasteiger partial charge is 0.385 e. The molecule has 0 radical (unpaired) electrons. The molecule has 12 heteroatoms. The van der Waals surface area contributed by atoms with Gasteiger partial charge in [-0.3, -0.25) is 9.79 Å². The van der Waals surface area contributed by atoms with Crippen molar-refractivity contribution in [2.75, 3.05) is 11.9 Å². The number of alkyl halides is 3. The minimum Gasteiger partial charge on any atom is -0.385 e. The van der Waals surface area contributed by atoms with Gasteiger partial charge < -0.3 is 15.8 Å². The third-order valence-electron chi connectivity index (χ3n) is 5.12. The van der Waals surface area contributed by atoms with Gasteiger partial charge in [0.1, 0.15) is 29.0 Å². The van der Waals surface area contributed by atoms with Crippen LogP contribution in [-0.2, 0) is 10.3 Å². The van der Waals surface area contributed by atoms with E-state index in [9.17, 15) is 22.4 Å². The van der Waals surface area contributed by atoms with Gasteiger partial charge >= 0.3 is 6.18 Å². The SMILES string of the molecule is Cc1nc(C#N)cnc1C(=O)Nc1ccc(F)c([C@]2(C)CO[C@@](C)(C(F)(F)F)C(N)=N2)c1. The van der Waals surface area contributed by atoms with Crippen LogP contribution in [-0.4, -0.2) is 40.1 Å². The van der Waals surface area contributed by atoms with E-state index in [1.165, 1.54) is 26.0 Å². The van der Waals surface area contributed by atoms with E-state index >= 15 is 0 Å². The molecule has 0 spiro atoms. The minimum atomic E-state index is -4.81. The lowest BCUT2D eigenvalue weighted by Gasteiger charge is -2.41. The number of carbonyl (C=O) groups excluding carboxylic acids is 1. The summed E-state index contributed by atoms with van der Waals surface area (Å²) >= 11 is 0. The standard InChI is InChI=1S/C20H18F4N6O2/c1-10-15(27-8-12(7-25)28-10)16(31)29-11-4-5-14(21)13(6-11)18(2)9-32-19(3,17(26)30-18)20(22,23)24/h4-6,8H,9H2,1-3H3,(H2,26,30)(H,29,31)/t18-,19+/m0/s1. The van der Waals surface area contributed by atoms with Gasteiger partial charge in [0, 0.05) is 11.3 Å². The van der Waals surface area contributed by atoms with Crippen LogP contribution in [0.15, 0.2) is 29.4 Å². The predicted molar refractivity (Wildman–Crippen MR) is 105 cm³/mol. The molecule has 1 aromatic carbocycles. The molecule has 3 N–H and O–H groups in total. The number of hydrogen-bond acceptors (Lipinski definition) is 7. The molecule has 0 saturated heterocycles. The summed E-state index contributed by atoms with van der Waals surface area (Å²) in [6, 6.07) is 5.34. The van der Waals surface area contributed by atoms with Crippen LogP contribution in [0.4, 0.5) is 23.2 Å². The topological polar surface area (TPSA) is 126 Å². The van der Waals surface area contributed by atoms with Gasteiger partial charge in [-0.2, -0.15) is 18.4 Å². The summed E-state index contributed by atoms with van der Waals surface area (Å²) in [5, 5.41) is 11.4. The molecule has 0 fully saturated rings. The molecule has 2 atom stereocenters. The minimum absolute atomic E-state index is 0.0367. The van der Waals surface area contributed by atoms with Gasteiger partial charge in [0.2, 0.25) is 5.60 Å². The Kier molecular flexibility index (Phi) is 5.65. The number of nitrogens with two attached hydrogens (primary N) is 1. The zero-order valence-corrected chi connectivity index (χ0v) is 17.2. The number of hydrogen-bond donors (Lipinski definition) is 2. The van der Waals surface area contributed by atoms with Crippen molar-refractivity contribution in [3.63, 3.8) is 0 Å². The number of halogens is 4. The molecule has 8 nitrogen and oxygen atoms in total. The Morgan fingerprint density at radius 1 is 1.34 bits per heavy atom.